The molecule has 0 fully saturated rings. The Balaban J connectivity index is 1.50. The number of benzene rings is 2. The predicted octanol–water partition coefficient (Wildman–Crippen LogP) is 6.09. The van der Waals surface area contributed by atoms with Crippen molar-refractivity contribution in [3.05, 3.63) is 109 Å². The van der Waals surface area contributed by atoms with E-state index in [-0.39, 0.29) is 6.17 Å². The van der Waals surface area contributed by atoms with Gasteiger partial charge in [-0.15, -0.1) is 0 Å². The minimum Gasteiger partial charge on any atom is -0.325 e. The molecule has 4 nitrogen and oxygen atoms in total. The largest absolute Gasteiger partial charge is 0.325 e. The molecule has 150 valence electrons. The molecule has 0 bridgehead atoms. The fraction of sp³-hybridized carbons (Fsp3) is 0.0741. The lowest BCUT2D eigenvalue weighted by Gasteiger charge is -2.29. The molecule has 5 rings (SSSR count). The molecule has 1 unspecified atom stereocenters. The fourth-order valence-electron chi connectivity index (χ4n) is 3.74. The van der Waals surface area contributed by atoms with E-state index >= 15 is 0 Å². The van der Waals surface area contributed by atoms with Gasteiger partial charge in [0, 0.05) is 47.2 Å². The summed E-state index contributed by atoms with van der Waals surface area (Å²) in [4.78, 5) is 15.9. The lowest BCUT2D eigenvalue weighted by molar-refractivity contribution is 0.747. The van der Waals surface area contributed by atoms with Crippen LogP contribution in [0.25, 0.3) is 28.1 Å². The summed E-state index contributed by atoms with van der Waals surface area (Å²) in [6.07, 6.45) is 7.79. The number of anilines is 1. The van der Waals surface area contributed by atoms with Crippen LogP contribution in [0.15, 0.2) is 109 Å². The normalized spacial score (nSPS) is 15.6. The quantitative estimate of drug-likeness (QED) is 0.415. The molecule has 4 aromatic rings. The standard InChI is InChI=1S/C27H22N4/c1-20-30-18-24(21-8-6-9-22(16-21)26-12-2-4-14-28-26)19-31(20)25-11-7-10-23(17-25)27-13-3-5-15-29-27/h2-20H,1H3. The van der Waals surface area contributed by atoms with Gasteiger partial charge in [0.05, 0.1) is 11.4 Å². The molecule has 0 radical (unpaired) electrons. The number of hydrogen-bond acceptors (Lipinski definition) is 4. The minimum absolute atomic E-state index is 0.0155. The summed E-state index contributed by atoms with van der Waals surface area (Å²) in [5.41, 5.74) is 7.38. The zero-order valence-electron chi connectivity index (χ0n) is 17.3. The number of rotatable bonds is 4. The van der Waals surface area contributed by atoms with Crippen molar-refractivity contribution in [1.29, 1.82) is 0 Å². The SMILES string of the molecule is CC1N=CC(c2cccc(-c3ccccn3)c2)=CN1c1cccc(-c2ccccn2)c1. The lowest BCUT2D eigenvalue weighted by atomic mass is 10.0. The highest BCUT2D eigenvalue weighted by Crippen LogP contribution is 2.29. The van der Waals surface area contributed by atoms with Crippen LogP contribution in [-0.4, -0.2) is 22.3 Å². The van der Waals surface area contributed by atoms with Crippen molar-refractivity contribution in [2.24, 2.45) is 4.99 Å². The summed E-state index contributed by atoms with van der Waals surface area (Å²) >= 11 is 0. The average Bonchev–Trinajstić information content (AvgIpc) is 2.86. The van der Waals surface area contributed by atoms with Crippen LogP contribution < -0.4 is 4.90 Å². The number of aromatic nitrogens is 2. The van der Waals surface area contributed by atoms with E-state index in [1.54, 1.807) is 0 Å². The monoisotopic (exact) mass is 402 g/mol. The highest BCUT2D eigenvalue weighted by Gasteiger charge is 2.17. The van der Waals surface area contributed by atoms with Gasteiger partial charge in [-0.3, -0.25) is 15.0 Å². The second-order valence-corrected chi connectivity index (χ2v) is 7.46. The zero-order chi connectivity index (χ0) is 21.0. The van der Waals surface area contributed by atoms with Gasteiger partial charge >= 0.3 is 0 Å². The number of hydrogen-bond donors (Lipinski definition) is 0. The maximum absolute atomic E-state index is 4.75. The maximum atomic E-state index is 4.75. The van der Waals surface area contributed by atoms with Crippen molar-refractivity contribution in [3.8, 4) is 22.5 Å². The molecular formula is C27H22N4. The van der Waals surface area contributed by atoms with Crippen LogP contribution in [0, 0.1) is 0 Å². The summed E-state index contributed by atoms with van der Waals surface area (Å²) in [7, 11) is 0. The van der Waals surface area contributed by atoms with E-state index in [0.717, 1.165) is 39.3 Å². The van der Waals surface area contributed by atoms with Gasteiger partial charge in [-0.1, -0.05) is 42.5 Å². The summed E-state index contributed by atoms with van der Waals surface area (Å²) in [6, 6.07) is 28.8. The van der Waals surface area contributed by atoms with Gasteiger partial charge in [-0.05, 0) is 55.0 Å². The van der Waals surface area contributed by atoms with Crippen LogP contribution in [0.2, 0.25) is 0 Å². The Labute approximate surface area is 182 Å². The van der Waals surface area contributed by atoms with Gasteiger partial charge in [0.1, 0.15) is 6.17 Å². The van der Waals surface area contributed by atoms with Gasteiger partial charge < -0.3 is 4.90 Å². The molecule has 0 amide bonds. The highest BCUT2D eigenvalue weighted by molar-refractivity contribution is 6.11. The number of aliphatic imine (C=N–C) groups is 1. The van der Waals surface area contributed by atoms with E-state index in [1.165, 1.54) is 0 Å². The average molecular weight is 403 g/mol. The third kappa shape index (κ3) is 4.01. The van der Waals surface area contributed by atoms with E-state index in [2.05, 4.69) is 76.5 Å². The van der Waals surface area contributed by atoms with E-state index < -0.39 is 0 Å². The molecule has 0 N–H and O–H groups in total. The van der Waals surface area contributed by atoms with Crippen LogP contribution in [0.3, 0.4) is 0 Å². The summed E-state index contributed by atoms with van der Waals surface area (Å²) in [6.45, 7) is 2.10. The third-order valence-corrected chi connectivity index (χ3v) is 5.37. The Morgan fingerprint density at radius 1 is 0.677 bits per heavy atom. The number of pyridine rings is 2. The summed E-state index contributed by atoms with van der Waals surface area (Å²) in [5, 5.41) is 0. The van der Waals surface area contributed by atoms with Crippen molar-refractivity contribution < 1.29 is 0 Å². The number of nitrogens with zero attached hydrogens (tertiary/aromatic N) is 4. The van der Waals surface area contributed by atoms with Crippen molar-refractivity contribution >= 4 is 17.5 Å². The first-order valence-electron chi connectivity index (χ1n) is 10.3. The topological polar surface area (TPSA) is 41.4 Å². The molecule has 0 spiro atoms. The van der Waals surface area contributed by atoms with Crippen LogP contribution in [0.4, 0.5) is 5.69 Å². The van der Waals surface area contributed by atoms with Crippen molar-refractivity contribution in [1.82, 2.24) is 9.97 Å². The number of allylic oxidation sites excluding steroid dienone is 1. The minimum atomic E-state index is 0.0155. The molecule has 1 aliphatic rings. The molecule has 1 aliphatic heterocycles. The summed E-state index contributed by atoms with van der Waals surface area (Å²) in [5.74, 6) is 0. The van der Waals surface area contributed by atoms with Gasteiger partial charge in [0.2, 0.25) is 0 Å². The van der Waals surface area contributed by atoms with Crippen LogP contribution in [-0.2, 0) is 0 Å². The molecule has 0 saturated heterocycles. The van der Waals surface area contributed by atoms with Gasteiger partial charge in [0.25, 0.3) is 0 Å². The molecule has 2 aromatic carbocycles. The van der Waals surface area contributed by atoms with Crippen LogP contribution >= 0.6 is 0 Å². The van der Waals surface area contributed by atoms with Crippen molar-refractivity contribution in [2.75, 3.05) is 4.90 Å². The lowest BCUT2D eigenvalue weighted by Crippen LogP contribution is -2.29. The second-order valence-electron chi connectivity index (χ2n) is 7.46. The first-order valence-corrected chi connectivity index (χ1v) is 10.3. The zero-order valence-corrected chi connectivity index (χ0v) is 17.3. The molecule has 3 heterocycles. The van der Waals surface area contributed by atoms with Crippen molar-refractivity contribution in [2.45, 2.75) is 13.1 Å². The van der Waals surface area contributed by atoms with Gasteiger partial charge in [0.15, 0.2) is 0 Å². The van der Waals surface area contributed by atoms with E-state index in [0.29, 0.717) is 0 Å². The van der Waals surface area contributed by atoms with Gasteiger partial charge in [-0.25, -0.2) is 0 Å². The van der Waals surface area contributed by atoms with E-state index in [4.69, 9.17) is 4.99 Å². The third-order valence-electron chi connectivity index (χ3n) is 5.37. The first-order chi connectivity index (χ1) is 15.3. The Bertz CT molecular complexity index is 1250. The fourth-order valence-corrected chi connectivity index (χ4v) is 3.74. The molecule has 4 heteroatoms. The molecule has 31 heavy (non-hydrogen) atoms. The molecule has 1 atom stereocenters. The Morgan fingerprint density at radius 3 is 2.00 bits per heavy atom. The molecule has 0 aliphatic carbocycles. The molecular weight excluding hydrogens is 380 g/mol. The first kappa shape index (κ1) is 18.9. The second kappa shape index (κ2) is 8.36. The Morgan fingerprint density at radius 2 is 1.32 bits per heavy atom. The smallest absolute Gasteiger partial charge is 0.122 e. The Hall–Kier alpha value is -4.05. The maximum Gasteiger partial charge on any atom is 0.122 e. The van der Waals surface area contributed by atoms with Crippen LogP contribution in [0.5, 0.6) is 0 Å². The molecule has 0 saturated carbocycles. The van der Waals surface area contributed by atoms with E-state index in [9.17, 15) is 0 Å². The Kier molecular flexibility index (Phi) is 5.11. The van der Waals surface area contributed by atoms with Gasteiger partial charge in [-0.2, -0.15) is 0 Å². The molecule has 2 aromatic heterocycles. The highest BCUT2D eigenvalue weighted by atomic mass is 15.2. The van der Waals surface area contributed by atoms with E-state index in [1.807, 2.05) is 55.0 Å². The summed E-state index contributed by atoms with van der Waals surface area (Å²) < 4.78 is 0. The van der Waals surface area contributed by atoms with Crippen molar-refractivity contribution in [3.63, 3.8) is 0 Å². The predicted molar refractivity (Wildman–Crippen MR) is 128 cm³/mol. The van der Waals surface area contributed by atoms with Crippen LogP contribution in [0.1, 0.15) is 12.5 Å².